The number of carbonyl (C=O) groups is 10. The maximum atomic E-state index is 13.3. The summed E-state index contributed by atoms with van der Waals surface area (Å²) in [6.07, 6.45) is 2.69. The van der Waals surface area contributed by atoms with Crippen LogP contribution in [0.5, 0.6) is 0 Å². The molecule has 32 heteroatoms. The molecule has 0 aromatic rings. The molecule has 0 spiro atoms. The Morgan fingerprint density at radius 2 is 0.613 bits per heavy atom. The zero-order chi connectivity index (χ0) is 58.9. The molecule has 0 saturated carbocycles. The van der Waals surface area contributed by atoms with Crippen molar-refractivity contribution in [2.75, 3.05) is 184 Å². The molecule has 10 N–H and O–H groups in total. The number of aliphatic imine (C=N–C) groups is 2. The molecule has 1 saturated heterocycles. The highest BCUT2D eigenvalue weighted by molar-refractivity contribution is 5.82. The van der Waals surface area contributed by atoms with Gasteiger partial charge in [0.25, 0.3) is 0 Å². The zero-order valence-corrected chi connectivity index (χ0v) is 45.6. The third-order valence-electron chi connectivity index (χ3n) is 11.1. The average molecular weight is 1150 g/mol. The smallest absolute Gasteiger partial charge is 0.342 e. The van der Waals surface area contributed by atoms with E-state index in [9.17, 15) is 47.9 Å². The van der Waals surface area contributed by atoms with Gasteiger partial charge in [-0.3, -0.25) is 67.9 Å². The topological polar surface area (TPSA) is 417 Å². The fraction of sp³-hybridized carbons (Fsp3) is 0.750. The highest BCUT2D eigenvalue weighted by Crippen LogP contribution is 2.03. The number of hydrogen-bond donors (Lipinski definition) is 10. The minimum Gasteiger partial charge on any atom is -0.481 e. The standard InChI is InChI=1S/C48H84N12O20/c61-39(5-7-45(67)68)51-13-29-77-33-17-55-43(65)37-59-23-21-57(35-41(63)53-15-31-75-27-11-49-9-1-3-47(71)79-73)19-20-58(36-42(64)54-16-32-76-28-12-50-10-2-4-48(72)80-74)22-24-60(26-25-59)38-44(66)56-18-34-78-30-14-52-40(62)6-8-46(69)70/h9-10,73-74H,1-8,11-38H2,(H,51,61)(H,52,62)(H,53,63)(H,54,64)(H,55,65)(H,56,66)(H,67,68)(H,69,70). The Bertz CT molecular complexity index is 1760. The highest BCUT2D eigenvalue weighted by Gasteiger charge is 2.22. The zero-order valence-electron chi connectivity index (χ0n) is 45.6. The van der Waals surface area contributed by atoms with Gasteiger partial charge in [0.1, 0.15) is 0 Å². The lowest BCUT2D eigenvalue weighted by Gasteiger charge is -2.33. The molecule has 6 amide bonds. The largest absolute Gasteiger partial charge is 0.481 e. The van der Waals surface area contributed by atoms with E-state index in [1.807, 2.05) is 19.6 Å². The van der Waals surface area contributed by atoms with Crippen molar-refractivity contribution in [3.05, 3.63) is 0 Å². The first-order chi connectivity index (χ1) is 38.6. The Kier molecular flexibility index (Phi) is 43.5. The second-order valence-electron chi connectivity index (χ2n) is 17.6. The number of amides is 6. The third kappa shape index (κ3) is 44.5. The molecular formula is C48H84N12O20. The molecule has 1 heterocycles. The van der Waals surface area contributed by atoms with Crippen LogP contribution in [0.3, 0.4) is 0 Å². The maximum absolute atomic E-state index is 13.3. The lowest BCUT2D eigenvalue weighted by Crippen LogP contribution is -2.51. The molecule has 1 aliphatic rings. The van der Waals surface area contributed by atoms with Crippen molar-refractivity contribution < 1.29 is 97.4 Å². The molecule has 1 rings (SSSR count). The molecular weight excluding hydrogens is 1060 g/mol. The van der Waals surface area contributed by atoms with Gasteiger partial charge in [-0.05, 0) is 25.3 Å². The summed E-state index contributed by atoms with van der Waals surface area (Å²) in [7, 11) is 0. The first kappa shape index (κ1) is 71.7. The summed E-state index contributed by atoms with van der Waals surface area (Å²) < 4.78 is 22.1. The normalized spacial score (nSPS) is 14.1. The van der Waals surface area contributed by atoms with Crippen LogP contribution in [0.25, 0.3) is 0 Å². The van der Waals surface area contributed by atoms with Crippen molar-refractivity contribution in [3.63, 3.8) is 0 Å². The Morgan fingerprint density at radius 3 is 0.863 bits per heavy atom. The van der Waals surface area contributed by atoms with E-state index in [0.29, 0.717) is 65.4 Å². The molecule has 0 radical (unpaired) electrons. The molecule has 456 valence electrons. The van der Waals surface area contributed by atoms with Crippen molar-refractivity contribution in [1.29, 1.82) is 0 Å². The van der Waals surface area contributed by atoms with Crippen LogP contribution in [0.2, 0.25) is 0 Å². The van der Waals surface area contributed by atoms with Crippen molar-refractivity contribution in [2.24, 2.45) is 9.98 Å². The van der Waals surface area contributed by atoms with Gasteiger partial charge in [0.05, 0.1) is 118 Å². The minimum atomic E-state index is -1.08. The number of nitrogens with zero attached hydrogens (tertiary/aromatic N) is 6. The molecule has 80 heavy (non-hydrogen) atoms. The van der Waals surface area contributed by atoms with Gasteiger partial charge >= 0.3 is 23.9 Å². The summed E-state index contributed by atoms with van der Waals surface area (Å²) >= 11 is 0. The van der Waals surface area contributed by atoms with Crippen LogP contribution in [-0.2, 0) is 76.7 Å². The van der Waals surface area contributed by atoms with Crippen molar-refractivity contribution in [3.8, 4) is 0 Å². The van der Waals surface area contributed by atoms with Crippen LogP contribution in [-0.4, -0.2) is 296 Å². The summed E-state index contributed by atoms with van der Waals surface area (Å²) in [6.45, 7) is 5.64. The van der Waals surface area contributed by atoms with E-state index in [1.165, 1.54) is 12.4 Å². The first-order valence-corrected chi connectivity index (χ1v) is 26.5. The van der Waals surface area contributed by atoms with E-state index in [-0.39, 0.29) is 193 Å². The van der Waals surface area contributed by atoms with Gasteiger partial charge in [0.15, 0.2) is 0 Å². The van der Waals surface area contributed by atoms with Gasteiger partial charge < -0.3 is 70.8 Å². The van der Waals surface area contributed by atoms with E-state index in [4.69, 9.17) is 39.7 Å². The summed E-state index contributed by atoms with van der Waals surface area (Å²) in [5, 5.41) is 50.6. The van der Waals surface area contributed by atoms with Gasteiger partial charge in [-0.15, -0.1) is 0 Å². The van der Waals surface area contributed by atoms with E-state index < -0.39 is 35.7 Å². The van der Waals surface area contributed by atoms with Gasteiger partial charge in [-0.25, -0.2) is 9.59 Å². The number of hydrogen-bond acceptors (Lipinski definition) is 24. The van der Waals surface area contributed by atoms with Crippen LogP contribution in [0.1, 0.15) is 51.4 Å². The molecule has 0 aromatic heterocycles. The molecule has 0 bridgehead atoms. The number of nitrogens with one attached hydrogen (secondary N) is 6. The fourth-order valence-corrected chi connectivity index (χ4v) is 6.90. The Morgan fingerprint density at radius 1 is 0.362 bits per heavy atom. The molecule has 0 unspecified atom stereocenters. The van der Waals surface area contributed by atoms with Crippen LogP contribution in [0, 0.1) is 0 Å². The van der Waals surface area contributed by atoms with Crippen LogP contribution in [0.15, 0.2) is 9.98 Å². The van der Waals surface area contributed by atoms with Crippen LogP contribution < -0.4 is 31.9 Å². The summed E-state index contributed by atoms with van der Waals surface area (Å²) in [6, 6.07) is 0. The first-order valence-electron chi connectivity index (χ1n) is 26.5. The lowest BCUT2D eigenvalue weighted by molar-refractivity contribution is -0.234. The molecule has 0 aliphatic carbocycles. The summed E-state index contributed by atoms with van der Waals surface area (Å²) in [5.74, 6) is -5.75. The van der Waals surface area contributed by atoms with Gasteiger partial charge in [0, 0.05) is 104 Å². The van der Waals surface area contributed by atoms with Gasteiger partial charge in [0.2, 0.25) is 35.4 Å². The number of aliphatic carboxylic acids is 2. The Balaban J connectivity index is 3.05. The lowest BCUT2D eigenvalue weighted by atomic mass is 10.3. The number of carbonyl (C=O) groups excluding carboxylic acids is 8. The molecule has 1 aliphatic heterocycles. The summed E-state index contributed by atoms with van der Waals surface area (Å²) in [4.78, 5) is 143. The maximum Gasteiger partial charge on any atom is 0.342 e. The van der Waals surface area contributed by atoms with E-state index in [1.54, 1.807) is 0 Å². The predicted octanol–water partition coefficient (Wildman–Crippen LogP) is -4.56. The van der Waals surface area contributed by atoms with Gasteiger partial charge in [-0.2, -0.15) is 10.5 Å². The second-order valence-corrected chi connectivity index (χ2v) is 17.6. The quantitative estimate of drug-likeness (QED) is 0.0119. The number of carboxylic acids is 2. The van der Waals surface area contributed by atoms with E-state index in [0.717, 1.165) is 0 Å². The summed E-state index contributed by atoms with van der Waals surface area (Å²) in [5.41, 5.74) is 0. The second kappa shape index (κ2) is 48.5. The van der Waals surface area contributed by atoms with Crippen molar-refractivity contribution >= 4 is 71.7 Å². The van der Waals surface area contributed by atoms with Crippen LogP contribution in [0.4, 0.5) is 0 Å². The van der Waals surface area contributed by atoms with E-state index >= 15 is 0 Å². The van der Waals surface area contributed by atoms with Crippen LogP contribution >= 0.6 is 0 Å². The molecule has 0 aromatic carbocycles. The highest BCUT2D eigenvalue weighted by atomic mass is 17.1. The monoisotopic (exact) mass is 1150 g/mol. The SMILES string of the molecule is O=C(O)CCC(=O)NCCOCCNC(=O)CN1CCN(CC(=O)NCCOCCN=CCCC(=O)OO)CCN(CC(=O)NCCOCCN=CCCC(=O)OO)CCN(CC(=O)NCCOCCNC(=O)CCC(=O)O)CC1. The van der Waals surface area contributed by atoms with E-state index in [2.05, 4.69) is 51.7 Å². The predicted molar refractivity (Wildman–Crippen MR) is 283 cm³/mol. The molecule has 0 atom stereocenters. The van der Waals surface area contributed by atoms with Crippen molar-refractivity contribution in [1.82, 2.24) is 51.5 Å². The number of carboxylic acid groups (broad SMARTS) is 2. The Hall–Kier alpha value is -6.36. The molecule has 32 nitrogen and oxygen atoms in total. The van der Waals surface area contributed by atoms with Crippen molar-refractivity contribution in [2.45, 2.75) is 51.4 Å². The number of ether oxygens (including phenoxy) is 4. The third-order valence-corrected chi connectivity index (χ3v) is 11.1. The number of rotatable bonds is 44. The average Bonchev–Trinajstić information content (AvgIpc) is 3.42. The fourth-order valence-electron chi connectivity index (χ4n) is 6.90. The minimum absolute atomic E-state index is 0.0205. The molecule has 1 fully saturated rings. The Labute approximate surface area is 464 Å². The van der Waals surface area contributed by atoms with Gasteiger partial charge in [-0.1, -0.05) is 0 Å².